The number of hydrogen-bond acceptors (Lipinski definition) is 4. The molecule has 1 N–H and O–H groups in total. The van der Waals surface area contributed by atoms with E-state index in [1.807, 2.05) is 42.5 Å². The van der Waals surface area contributed by atoms with E-state index < -0.39 is 17.8 Å². The zero-order chi connectivity index (χ0) is 26.4. The molecule has 7 nitrogen and oxygen atoms in total. The van der Waals surface area contributed by atoms with Gasteiger partial charge in [-0.05, 0) is 31.4 Å². The predicted octanol–water partition coefficient (Wildman–Crippen LogP) is 3.24. The summed E-state index contributed by atoms with van der Waals surface area (Å²) >= 11 is 0. The number of likely N-dealkylation sites (tertiary alicyclic amines) is 1. The third-order valence-electron chi connectivity index (χ3n) is 7.07. The molecular formula is C29H32FN3O4. The fourth-order valence-electron chi connectivity index (χ4n) is 5.10. The molecule has 0 radical (unpaired) electrons. The normalized spacial score (nSPS) is 19.5. The number of benzene rings is 2. The van der Waals surface area contributed by atoms with Crippen LogP contribution in [0.5, 0.6) is 0 Å². The summed E-state index contributed by atoms with van der Waals surface area (Å²) in [5.74, 6) is -2.50. The molecule has 0 aromatic heterocycles. The summed E-state index contributed by atoms with van der Waals surface area (Å²) in [6, 6.07) is 14.6. The van der Waals surface area contributed by atoms with Crippen molar-refractivity contribution in [1.29, 1.82) is 0 Å². The zero-order valence-corrected chi connectivity index (χ0v) is 20.9. The Labute approximate surface area is 216 Å². The highest BCUT2D eigenvalue weighted by atomic mass is 19.1. The molecule has 37 heavy (non-hydrogen) atoms. The first-order valence-electron chi connectivity index (χ1n) is 12.8. The van der Waals surface area contributed by atoms with Gasteiger partial charge in [0.1, 0.15) is 11.9 Å². The van der Waals surface area contributed by atoms with Gasteiger partial charge in [0.15, 0.2) is 0 Å². The van der Waals surface area contributed by atoms with Crippen LogP contribution in [0.2, 0.25) is 0 Å². The molecule has 1 heterocycles. The Morgan fingerprint density at radius 2 is 1.62 bits per heavy atom. The molecule has 1 aliphatic carbocycles. The Morgan fingerprint density at radius 3 is 2.24 bits per heavy atom. The van der Waals surface area contributed by atoms with Gasteiger partial charge in [0.05, 0.1) is 11.8 Å². The number of hydrogen-bond donors (Lipinski definition) is 1. The molecule has 0 unspecified atom stereocenters. The third kappa shape index (κ3) is 5.96. The Bertz CT molecular complexity index is 1160. The molecule has 0 saturated carbocycles. The summed E-state index contributed by atoms with van der Waals surface area (Å²) in [4.78, 5) is 55.1. The minimum Gasteiger partial charge on any atom is -0.355 e. The van der Waals surface area contributed by atoms with Gasteiger partial charge < -0.3 is 10.2 Å². The Hall–Kier alpha value is -3.81. The van der Waals surface area contributed by atoms with Gasteiger partial charge in [-0.3, -0.25) is 24.1 Å². The van der Waals surface area contributed by atoms with E-state index in [9.17, 15) is 23.6 Å². The number of rotatable bonds is 10. The maximum atomic E-state index is 14.6. The number of carbonyl (C=O) groups is 4. The number of likely N-dealkylation sites (N-methyl/N-ethyl adjacent to an activating group) is 1. The summed E-state index contributed by atoms with van der Waals surface area (Å²) < 4.78 is 14.6. The van der Waals surface area contributed by atoms with Crippen LogP contribution in [0.3, 0.4) is 0 Å². The summed E-state index contributed by atoms with van der Waals surface area (Å²) in [6.07, 6.45) is 4.97. The molecule has 0 spiro atoms. The van der Waals surface area contributed by atoms with E-state index in [1.165, 1.54) is 15.9 Å². The average Bonchev–Trinajstić information content (AvgIpc) is 3.15. The van der Waals surface area contributed by atoms with E-state index in [2.05, 4.69) is 5.32 Å². The second-order valence-electron chi connectivity index (χ2n) is 9.45. The van der Waals surface area contributed by atoms with Gasteiger partial charge in [-0.25, -0.2) is 4.39 Å². The Morgan fingerprint density at radius 1 is 1.00 bits per heavy atom. The lowest BCUT2D eigenvalue weighted by Crippen LogP contribution is -2.51. The van der Waals surface area contributed by atoms with E-state index in [0.29, 0.717) is 19.4 Å². The monoisotopic (exact) mass is 505 g/mol. The molecule has 2 aromatic carbocycles. The van der Waals surface area contributed by atoms with Gasteiger partial charge in [0.2, 0.25) is 23.6 Å². The van der Waals surface area contributed by atoms with Crippen LogP contribution in [0.1, 0.15) is 37.3 Å². The van der Waals surface area contributed by atoms with Gasteiger partial charge in [-0.1, -0.05) is 60.7 Å². The number of allylic oxidation sites excluding steroid dienone is 2. The van der Waals surface area contributed by atoms with Crippen LogP contribution < -0.4 is 5.32 Å². The SMILES string of the molecule is CCNC(=O)[C@@H](Cc1ccccc1)N(Cc1ccccc1F)C(=O)CCN1C(=O)[C@H]2CC=CC[C@H]2C1=O. The number of nitrogens with zero attached hydrogens (tertiary/aromatic N) is 2. The fourth-order valence-corrected chi connectivity index (χ4v) is 5.10. The van der Waals surface area contributed by atoms with Crippen LogP contribution in [0.25, 0.3) is 0 Å². The average molecular weight is 506 g/mol. The highest BCUT2D eigenvalue weighted by molar-refractivity contribution is 6.05. The van der Waals surface area contributed by atoms with Gasteiger partial charge >= 0.3 is 0 Å². The van der Waals surface area contributed by atoms with Gasteiger partial charge in [0.25, 0.3) is 0 Å². The second kappa shape index (κ2) is 12.0. The molecule has 2 aromatic rings. The molecule has 8 heteroatoms. The number of carbonyl (C=O) groups excluding carboxylic acids is 4. The van der Waals surface area contributed by atoms with Crippen molar-refractivity contribution in [2.45, 2.75) is 45.2 Å². The predicted molar refractivity (Wildman–Crippen MR) is 136 cm³/mol. The summed E-state index contributed by atoms with van der Waals surface area (Å²) in [7, 11) is 0. The number of nitrogens with one attached hydrogen (secondary N) is 1. The zero-order valence-electron chi connectivity index (χ0n) is 20.9. The molecule has 1 aliphatic heterocycles. The van der Waals surface area contributed by atoms with Crippen LogP contribution in [-0.4, -0.2) is 52.6 Å². The minimum atomic E-state index is -0.897. The van der Waals surface area contributed by atoms with Crippen molar-refractivity contribution in [2.75, 3.05) is 13.1 Å². The maximum Gasteiger partial charge on any atom is 0.243 e. The van der Waals surface area contributed by atoms with Crippen molar-refractivity contribution in [2.24, 2.45) is 11.8 Å². The lowest BCUT2D eigenvalue weighted by molar-refractivity contribution is -0.144. The van der Waals surface area contributed by atoms with Crippen molar-refractivity contribution in [3.8, 4) is 0 Å². The van der Waals surface area contributed by atoms with Crippen LogP contribution in [0.4, 0.5) is 4.39 Å². The number of imide groups is 1. The fraction of sp³-hybridized carbons (Fsp3) is 0.379. The third-order valence-corrected chi connectivity index (χ3v) is 7.07. The maximum absolute atomic E-state index is 14.6. The van der Waals surface area contributed by atoms with Gasteiger partial charge in [-0.2, -0.15) is 0 Å². The summed E-state index contributed by atoms with van der Waals surface area (Å²) in [6.45, 7) is 1.99. The molecule has 1 fully saturated rings. The van der Waals surface area contributed by atoms with Crippen LogP contribution in [-0.2, 0) is 32.1 Å². The van der Waals surface area contributed by atoms with Crippen molar-refractivity contribution in [3.63, 3.8) is 0 Å². The first-order chi connectivity index (χ1) is 17.9. The lowest BCUT2D eigenvalue weighted by Gasteiger charge is -2.32. The number of halogens is 1. The van der Waals surface area contributed by atoms with Crippen LogP contribution in [0.15, 0.2) is 66.7 Å². The summed E-state index contributed by atoms with van der Waals surface area (Å²) in [5.41, 5.74) is 1.13. The highest BCUT2D eigenvalue weighted by Crippen LogP contribution is 2.35. The van der Waals surface area contributed by atoms with Crippen LogP contribution in [0, 0.1) is 17.7 Å². The molecule has 1 saturated heterocycles. The minimum absolute atomic E-state index is 0.0648. The van der Waals surface area contributed by atoms with E-state index >= 15 is 0 Å². The highest BCUT2D eigenvalue weighted by Gasteiger charge is 2.47. The Balaban J connectivity index is 1.58. The largest absolute Gasteiger partial charge is 0.355 e. The number of amides is 4. The molecular weight excluding hydrogens is 473 g/mol. The smallest absolute Gasteiger partial charge is 0.243 e. The molecule has 0 bridgehead atoms. The Kier molecular flexibility index (Phi) is 8.48. The van der Waals surface area contributed by atoms with Crippen molar-refractivity contribution < 1.29 is 23.6 Å². The van der Waals surface area contributed by atoms with Gasteiger partial charge in [-0.15, -0.1) is 0 Å². The van der Waals surface area contributed by atoms with Crippen LogP contribution >= 0.6 is 0 Å². The van der Waals surface area contributed by atoms with Crippen molar-refractivity contribution >= 4 is 23.6 Å². The summed E-state index contributed by atoms with van der Waals surface area (Å²) in [5, 5.41) is 2.79. The topological polar surface area (TPSA) is 86.8 Å². The van der Waals surface area contributed by atoms with E-state index in [-0.39, 0.29) is 61.1 Å². The van der Waals surface area contributed by atoms with Gasteiger partial charge in [0, 0.05) is 38.0 Å². The quantitative estimate of drug-likeness (QED) is 0.397. The second-order valence-corrected chi connectivity index (χ2v) is 9.45. The molecule has 2 aliphatic rings. The number of fused-ring (bicyclic) bond motifs is 1. The van der Waals surface area contributed by atoms with E-state index in [1.54, 1.807) is 25.1 Å². The first-order valence-corrected chi connectivity index (χ1v) is 12.8. The molecule has 4 amide bonds. The standard InChI is InChI=1S/C29H32FN3O4/c1-2-31-27(35)25(18-20-10-4-3-5-11-20)33(19-21-12-6-9-15-24(21)30)26(34)16-17-32-28(36)22-13-7-8-14-23(22)29(32)37/h3-12,15,22-23,25H,2,13-14,16-19H2,1H3,(H,31,35)/t22-,23+,25-/m1/s1. The van der Waals surface area contributed by atoms with E-state index in [4.69, 9.17) is 0 Å². The van der Waals surface area contributed by atoms with E-state index in [0.717, 1.165) is 5.56 Å². The molecule has 4 rings (SSSR count). The lowest BCUT2D eigenvalue weighted by atomic mass is 9.85. The molecule has 194 valence electrons. The van der Waals surface area contributed by atoms with Crippen molar-refractivity contribution in [1.82, 2.24) is 15.1 Å². The molecule has 3 atom stereocenters. The first kappa shape index (κ1) is 26.3. The van der Waals surface area contributed by atoms with Crippen molar-refractivity contribution in [3.05, 3.63) is 83.7 Å².